The van der Waals surface area contributed by atoms with Crippen molar-refractivity contribution in [2.45, 2.75) is 26.8 Å². The molecule has 2 aromatic rings. The van der Waals surface area contributed by atoms with E-state index < -0.39 is 0 Å². The summed E-state index contributed by atoms with van der Waals surface area (Å²) >= 11 is 8.74. The summed E-state index contributed by atoms with van der Waals surface area (Å²) in [7, 11) is 0. The monoisotopic (exact) mass is 366 g/mol. The standard InChI is InChI=1S/C15H19BrN4S/c1-11-5-3-6-13(9-11)18-15(21)17-7-4-8-20-10-14(16)12(2)19-20/h3,5-6,9-10H,4,7-8H2,1-2H3,(H2,17,18,21). The van der Waals surface area contributed by atoms with Crippen molar-refractivity contribution < 1.29 is 0 Å². The predicted molar refractivity (Wildman–Crippen MR) is 94.7 cm³/mol. The second-order valence-electron chi connectivity index (χ2n) is 4.93. The number of thiocarbonyl (C=S) groups is 1. The predicted octanol–water partition coefficient (Wildman–Crippen LogP) is 3.64. The number of nitrogens with one attached hydrogen (secondary N) is 2. The molecule has 2 rings (SSSR count). The molecule has 21 heavy (non-hydrogen) atoms. The molecule has 0 aliphatic carbocycles. The van der Waals surface area contributed by atoms with E-state index in [1.807, 2.05) is 29.9 Å². The lowest BCUT2D eigenvalue weighted by Gasteiger charge is -2.11. The van der Waals surface area contributed by atoms with E-state index in [1.54, 1.807) is 0 Å². The van der Waals surface area contributed by atoms with Crippen LogP contribution in [0.5, 0.6) is 0 Å². The fourth-order valence-electron chi connectivity index (χ4n) is 1.95. The molecule has 0 radical (unpaired) electrons. The molecule has 1 heterocycles. The van der Waals surface area contributed by atoms with Crippen LogP contribution in [0.15, 0.2) is 34.9 Å². The largest absolute Gasteiger partial charge is 0.362 e. The fraction of sp³-hybridized carbons (Fsp3) is 0.333. The molecule has 1 aromatic carbocycles. The first-order valence-electron chi connectivity index (χ1n) is 6.85. The molecule has 112 valence electrons. The molecule has 0 unspecified atom stereocenters. The molecule has 0 saturated heterocycles. The Morgan fingerprint density at radius 1 is 1.38 bits per heavy atom. The Labute approximate surface area is 139 Å². The van der Waals surface area contributed by atoms with Gasteiger partial charge in [0, 0.05) is 25.0 Å². The highest BCUT2D eigenvalue weighted by molar-refractivity contribution is 9.10. The number of aryl methyl sites for hydroxylation is 3. The quantitative estimate of drug-likeness (QED) is 0.626. The van der Waals surface area contributed by atoms with Crippen LogP contribution in [0.25, 0.3) is 0 Å². The van der Waals surface area contributed by atoms with E-state index in [9.17, 15) is 0 Å². The van der Waals surface area contributed by atoms with Gasteiger partial charge < -0.3 is 10.6 Å². The van der Waals surface area contributed by atoms with E-state index in [2.05, 4.69) is 50.7 Å². The Hall–Kier alpha value is -1.40. The van der Waals surface area contributed by atoms with Crippen molar-refractivity contribution in [2.24, 2.45) is 0 Å². The number of benzene rings is 1. The Morgan fingerprint density at radius 2 is 2.19 bits per heavy atom. The molecule has 2 N–H and O–H groups in total. The van der Waals surface area contributed by atoms with Gasteiger partial charge in [-0.15, -0.1) is 0 Å². The van der Waals surface area contributed by atoms with E-state index in [4.69, 9.17) is 12.2 Å². The summed E-state index contributed by atoms with van der Waals surface area (Å²) in [6, 6.07) is 8.15. The normalized spacial score (nSPS) is 10.4. The lowest BCUT2D eigenvalue weighted by atomic mass is 10.2. The van der Waals surface area contributed by atoms with Crippen molar-refractivity contribution in [1.29, 1.82) is 0 Å². The van der Waals surface area contributed by atoms with Crippen LogP contribution in [-0.2, 0) is 6.54 Å². The third kappa shape index (κ3) is 5.13. The molecule has 4 nitrogen and oxygen atoms in total. The van der Waals surface area contributed by atoms with E-state index >= 15 is 0 Å². The van der Waals surface area contributed by atoms with Crippen molar-refractivity contribution in [3.8, 4) is 0 Å². The third-order valence-electron chi connectivity index (χ3n) is 3.01. The summed E-state index contributed by atoms with van der Waals surface area (Å²) in [5.41, 5.74) is 3.24. The van der Waals surface area contributed by atoms with Crippen LogP contribution >= 0.6 is 28.1 Å². The van der Waals surface area contributed by atoms with Crippen molar-refractivity contribution in [1.82, 2.24) is 15.1 Å². The van der Waals surface area contributed by atoms with Crippen molar-refractivity contribution in [3.05, 3.63) is 46.2 Å². The molecule has 0 aliphatic rings. The highest BCUT2D eigenvalue weighted by Crippen LogP contribution is 2.13. The maximum Gasteiger partial charge on any atom is 0.170 e. The van der Waals surface area contributed by atoms with Gasteiger partial charge in [0.05, 0.1) is 10.2 Å². The number of aromatic nitrogens is 2. The first-order valence-corrected chi connectivity index (χ1v) is 8.06. The Morgan fingerprint density at radius 3 is 2.86 bits per heavy atom. The average molecular weight is 367 g/mol. The maximum absolute atomic E-state index is 5.28. The SMILES string of the molecule is Cc1cccc(NC(=S)NCCCn2cc(Br)c(C)n2)c1. The number of anilines is 1. The number of hydrogen-bond acceptors (Lipinski definition) is 2. The molecule has 0 amide bonds. The van der Waals surface area contributed by atoms with Gasteiger partial charge in [0.2, 0.25) is 0 Å². The number of nitrogens with zero attached hydrogens (tertiary/aromatic N) is 2. The van der Waals surface area contributed by atoms with E-state index in [0.29, 0.717) is 5.11 Å². The van der Waals surface area contributed by atoms with Gasteiger partial charge >= 0.3 is 0 Å². The topological polar surface area (TPSA) is 41.9 Å². The fourth-order valence-corrected chi connectivity index (χ4v) is 2.48. The second-order valence-corrected chi connectivity index (χ2v) is 6.19. The summed E-state index contributed by atoms with van der Waals surface area (Å²) in [6.45, 7) is 5.73. The first-order chi connectivity index (χ1) is 10.0. The van der Waals surface area contributed by atoms with Gasteiger partial charge in [0.1, 0.15) is 0 Å². The molecule has 0 spiro atoms. The van der Waals surface area contributed by atoms with Gasteiger partial charge in [-0.2, -0.15) is 5.10 Å². The van der Waals surface area contributed by atoms with Gasteiger partial charge in [-0.25, -0.2) is 0 Å². The molecule has 0 fully saturated rings. The van der Waals surface area contributed by atoms with Gasteiger partial charge in [0.15, 0.2) is 5.11 Å². The lowest BCUT2D eigenvalue weighted by Crippen LogP contribution is -2.29. The van der Waals surface area contributed by atoms with Crippen molar-refractivity contribution >= 4 is 38.9 Å². The summed E-state index contributed by atoms with van der Waals surface area (Å²) < 4.78 is 2.99. The highest BCUT2D eigenvalue weighted by Gasteiger charge is 2.01. The van der Waals surface area contributed by atoms with Crippen LogP contribution in [0, 0.1) is 13.8 Å². The summed E-state index contributed by atoms with van der Waals surface area (Å²) in [6.07, 6.45) is 2.96. The average Bonchev–Trinajstić information content (AvgIpc) is 2.74. The molecule has 6 heteroatoms. The van der Waals surface area contributed by atoms with Crippen LogP contribution in [-0.4, -0.2) is 21.4 Å². The number of rotatable bonds is 5. The van der Waals surface area contributed by atoms with E-state index in [1.165, 1.54) is 5.56 Å². The molecular formula is C15H19BrN4S. The van der Waals surface area contributed by atoms with Gasteiger partial charge in [-0.1, -0.05) is 12.1 Å². The van der Waals surface area contributed by atoms with Gasteiger partial charge in [-0.05, 0) is 66.1 Å². The van der Waals surface area contributed by atoms with Crippen LogP contribution in [0.2, 0.25) is 0 Å². The Balaban J connectivity index is 1.70. The lowest BCUT2D eigenvalue weighted by molar-refractivity contribution is 0.570. The van der Waals surface area contributed by atoms with Gasteiger partial charge in [0.25, 0.3) is 0 Å². The smallest absolute Gasteiger partial charge is 0.170 e. The summed E-state index contributed by atoms with van der Waals surface area (Å²) in [5, 5.41) is 11.4. The molecule has 0 atom stereocenters. The molecule has 0 saturated carbocycles. The van der Waals surface area contributed by atoms with Gasteiger partial charge in [-0.3, -0.25) is 4.68 Å². The molecule has 0 bridgehead atoms. The zero-order valence-electron chi connectivity index (χ0n) is 12.2. The Bertz CT molecular complexity index is 604. The summed E-state index contributed by atoms with van der Waals surface area (Å²) in [5.74, 6) is 0. The molecule has 1 aromatic heterocycles. The van der Waals surface area contributed by atoms with Crippen LogP contribution in [0.1, 0.15) is 17.7 Å². The Kier molecular flexibility index (Phi) is 5.76. The van der Waals surface area contributed by atoms with Crippen molar-refractivity contribution in [2.75, 3.05) is 11.9 Å². The minimum absolute atomic E-state index is 0.651. The summed E-state index contributed by atoms with van der Waals surface area (Å²) in [4.78, 5) is 0. The second kappa shape index (κ2) is 7.56. The van der Waals surface area contributed by atoms with Crippen molar-refractivity contribution in [3.63, 3.8) is 0 Å². The zero-order valence-corrected chi connectivity index (χ0v) is 14.6. The van der Waals surface area contributed by atoms with E-state index in [-0.39, 0.29) is 0 Å². The minimum Gasteiger partial charge on any atom is -0.362 e. The third-order valence-corrected chi connectivity index (χ3v) is 4.04. The highest BCUT2D eigenvalue weighted by atomic mass is 79.9. The molecular weight excluding hydrogens is 348 g/mol. The minimum atomic E-state index is 0.651. The van der Waals surface area contributed by atoms with Crippen LogP contribution in [0.3, 0.4) is 0 Å². The van der Waals surface area contributed by atoms with Crippen LogP contribution in [0.4, 0.5) is 5.69 Å². The van der Waals surface area contributed by atoms with E-state index in [0.717, 1.165) is 35.4 Å². The molecule has 0 aliphatic heterocycles. The number of halogens is 1. The zero-order chi connectivity index (χ0) is 15.2. The van der Waals surface area contributed by atoms with Crippen LogP contribution < -0.4 is 10.6 Å². The first kappa shape index (κ1) is 16.0. The maximum atomic E-state index is 5.28. The number of hydrogen-bond donors (Lipinski definition) is 2.